The van der Waals surface area contributed by atoms with Crippen molar-refractivity contribution in [2.24, 2.45) is 0 Å². The zero-order valence-corrected chi connectivity index (χ0v) is 15.2. The topological polar surface area (TPSA) is 123 Å². The molecule has 7 nitrogen and oxygen atoms in total. The van der Waals surface area contributed by atoms with E-state index in [1.807, 2.05) is 36.4 Å². The number of nitrogens with zero attached hydrogens (tertiary/aromatic N) is 1. The van der Waals surface area contributed by atoms with Gasteiger partial charge in [0, 0.05) is 6.42 Å². The molecule has 5 atom stereocenters. The van der Waals surface area contributed by atoms with Crippen molar-refractivity contribution in [1.82, 2.24) is 0 Å². The van der Waals surface area contributed by atoms with Gasteiger partial charge in [-0.1, -0.05) is 42.5 Å². The highest BCUT2D eigenvalue weighted by Gasteiger charge is 2.44. The van der Waals surface area contributed by atoms with Crippen LogP contribution in [0.2, 0.25) is 0 Å². The Balaban J connectivity index is 1.76. The molecular weight excluding hydrogens is 362 g/mol. The molecule has 1 heterocycles. The summed E-state index contributed by atoms with van der Waals surface area (Å²) in [4.78, 5) is 0. The van der Waals surface area contributed by atoms with Gasteiger partial charge in [0.05, 0.1) is 19.1 Å². The highest BCUT2D eigenvalue weighted by atomic mass is 16.7. The molecule has 0 bridgehead atoms. The van der Waals surface area contributed by atoms with E-state index in [1.165, 1.54) is 0 Å². The third kappa shape index (κ3) is 4.50. The second-order valence-corrected chi connectivity index (χ2v) is 6.75. The molecule has 0 spiro atoms. The Kier molecular flexibility index (Phi) is 6.62. The van der Waals surface area contributed by atoms with Crippen LogP contribution in [0.4, 0.5) is 0 Å². The average molecular weight is 385 g/mol. The molecule has 0 aromatic heterocycles. The van der Waals surface area contributed by atoms with Crippen LogP contribution >= 0.6 is 0 Å². The van der Waals surface area contributed by atoms with Crippen molar-refractivity contribution in [2.75, 3.05) is 6.61 Å². The van der Waals surface area contributed by atoms with Gasteiger partial charge in [-0.05, 0) is 22.8 Å². The maximum absolute atomic E-state index is 10.2. The van der Waals surface area contributed by atoms with E-state index in [2.05, 4.69) is 6.07 Å². The smallest absolute Gasteiger partial charge is 0.229 e. The van der Waals surface area contributed by atoms with Crippen molar-refractivity contribution in [3.8, 4) is 11.8 Å². The summed E-state index contributed by atoms with van der Waals surface area (Å²) in [5.41, 5.74) is 2.80. The van der Waals surface area contributed by atoms with Crippen LogP contribution < -0.4 is 4.74 Å². The number of benzene rings is 2. The van der Waals surface area contributed by atoms with Crippen LogP contribution in [0.1, 0.15) is 16.7 Å². The molecule has 0 radical (unpaired) electrons. The van der Waals surface area contributed by atoms with Crippen LogP contribution in [-0.4, -0.2) is 57.7 Å². The number of rotatable bonds is 6. The molecule has 7 heteroatoms. The van der Waals surface area contributed by atoms with Gasteiger partial charge in [-0.2, -0.15) is 5.26 Å². The number of nitriles is 1. The first-order chi connectivity index (χ1) is 13.5. The highest BCUT2D eigenvalue weighted by molar-refractivity contribution is 5.38. The fourth-order valence-corrected chi connectivity index (χ4v) is 3.14. The lowest BCUT2D eigenvalue weighted by atomic mass is 9.99. The molecule has 2 aromatic carbocycles. The molecule has 28 heavy (non-hydrogen) atoms. The molecule has 4 N–H and O–H groups in total. The van der Waals surface area contributed by atoms with Crippen LogP contribution in [0, 0.1) is 11.3 Å². The van der Waals surface area contributed by atoms with E-state index in [1.54, 1.807) is 12.1 Å². The largest absolute Gasteiger partial charge is 0.462 e. The van der Waals surface area contributed by atoms with Gasteiger partial charge in [0.1, 0.15) is 30.2 Å². The molecule has 2 aromatic rings. The predicted octanol–water partition coefficient (Wildman–Crippen LogP) is 0.522. The van der Waals surface area contributed by atoms with Crippen LogP contribution in [0.15, 0.2) is 48.5 Å². The maximum Gasteiger partial charge on any atom is 0.229 e. The third-order valence-electron chi connectivity index (χ3n) is 4.76. The van der Waals surface area contributed by atoms with Crippen molar-refractivity contribution in [2.45, 2.75) is 43.5 Å². The monoisotopic (exact) mass is 385 g/mol. The number of ether oxygens (including phenoxy) is 2. The van der Waals surface area contributed by atoms with E-state index < -0.39 is 37.3 Å². The molecule has 0 amide bonds. The van der Waals surface area contributed by atoms with Gasteiger partial charge in [-0.3, -0.25) is 0 Å². The number of aliphatic hydroxyl groups excluding tert-OH is 4. The fourth-order valence-electron chi connectivity index (χ4n) is 3.14. The van der Waals surface area contributed by atoms with Gasteiger partial charge in [-0.15, -0.1) is 0 Å². The lowest BCUT2D eigenvalue weighted by Gasteiger charge is -2.39. The minimum absolute atomic E-state index is 0.358. The SMILES string of the molecule is N#CCc1ccc(Cc2ccccc2O[C@@H]2O[C@H](CO)[C@@H](O)[C@H](O)[C@H]2O)cc1. The minimum Gasteiger partial charge on any atom is -0.462 e. The summed E-state index contributed by atoms with van der Waals surface area (Å²) < 4.78 is 11.2. The van der Waals surface area contributed by atoms with Gasteiger partial charge >= 0.3 is 0 Å². The minimum atomic E-state index is -1.49. The Morgan fingerprint density at radius 3 is 2.29 bits per heavy atom. The Hall–Kier alpha value is -2.47. The summed E-state index contributed by atoms with van der Waals surface area (Å²) in [7, 11) is 0. The van der Waals surface area contributed by atoms with Gasteiger partial charge in [0.25, 0.3) is 0 Å². The third-order valence-corrected chi connectivity index (χ3v) is 4.76. The molecule has 148 valence electrons. The summed E-state index contributed by atoms with van der Waals surface area (Å²) in [6.07, 6.45) is -5.72. The zero-order valence-electron chi connectivity index (χ0n) is 15.2. The van der Waals surface area contributed by atoms with E-state index in [-0.39, 0.29) is 0 Å². The second kappa shape index (κ2) is 9.15. The van der Waals surface area contributed by atoms with Gasteiger partial charge in [0.2, 0.25) is 6.29 Å². The Morgan fingerprint density at radius 2 is 1.61 bits per heavy atom. The quantitative estimate of drug-likeness (QED) is 0.572. The van der Waals surface area contributed by atoms with E-state index >= 15 is 0 Å². The van der Waals surface area contributed by atoms with Crippen molar-refractivity contribution < 1.29 is 29.9 Å². The first kappa shape index (κ1) is 20.3. The summed E-state index contributed by atoms with van der Waals surface area (Å²) in [5, 5.41) is 48.1. The van der Waals surface area contributed by atoms with Crippen LogP contribution in [0.3, 0.4) is 0 Å². The molecule has 0 aliphatic carbocycles. The van der Waals surface area contributed by atoms with Crippen LogP contribution in [-0.2, 0) is 17.6 Å². The molecule has 1 fully saturated rings. The fraction of sp³-hybridized carbons (Fsp3) is 0.381. The number of para-hydroxylation sites is 1. The highest BCUT2D eigenvalue weighted by Crippen LogP contribution is 2.28. The average Bonchev–Trinajstić information content (AvgIpc) is 2.71. The van der Waals surface area contributed by atoms with E-state index in [0.717, 1.165) is 16.7 Å². The van der Waals surface area contributed by atoms with Gasteiger partial charge < -0.3 is 29.9 Å². The molecule has 3 rings (SSSR count). The summed E-state index contributed by atoms with van der Waals surface area (Å²) in [6, 6.07) is 17.0. The molecule has 1 aliphatic rings. The number of hydrogen-bond acceptors (Lipinski definition) is 7. The van der Waals surface area contributed by atoms with Crippen LogP contribution in [0.25, 0.3) is 0 Å². The van der Waals surface area contributed by atoms with E-state index in [4.69, 9.17) is 14.7 Å². The maximum atomic E-state index is 10.2. The Labute approximate surface area is 163 Å². The standard InChI is InChI=1S/C21H23NO6/c22-10-9-13-5-7-14(8-6-13)11-15-3-1-2-4-16(15)27-21-20(26)19(25)18(24)17(12-23)28-21/h1-8,17-21,23-26H,9,11-12H2/t17-,18-,19+,20-,21-/m1/s1. The summed E-state index contributed by atoms with van der Waals surface area (Å²) in [5.74, 6) is 0.466. The lowest BCUT2D eigenvalue weighted by molar-refractivity contribution is -0.277. The van der Waals surface area contributed by atoms with Crippen molar-refractivity contribution >= 4 is 0 Å². The Bertz CT molecular complexity index is 816. The molecule has 1 saturated heterocycles. The summed E-state index contributed by atoms with van der Waals surface area (Å²) in [6.45, 7) is -0.512. The number of aliphatic hydroxyl groups is 4. The predicted molar refractivity (Wildman–Crippen MR) is 99.4 cm³/mol. The normalized spacial score (nSPS) is 27.2. The molecule has 0 saturated carbocycles. The number of hydrogen-bond donors (Lipinski definition) is 4. The van der Waals surface area contributed by atoms with Gasteiger partial charge in [0.15, 0.2) is 0 Å². The van der Waals surface area contributed by atoms with Crippen molar-refractivity contribution in [1.29, 1.82) is 5.26 Å². The molecule has 0 unspecified atom stereocenters. The first-order valence-corrected chi connectivity index (χ1v) is 9.03. The van der Waals surface area contributed by atoms with E-state index in [0.29, 0.717) is 18.6 Å². The van der Waals surface area contributed by atoms with Crippen molar-refractivity contribution in [3.05, 3.63) is 65.2 Å². The van der Waals surface area contributed by atoms with E-state index in [9.17, 15) is 20.4 Å². The lowest BCUT2D eigenvalue weighted by Crippen LogP contribution is -2.60. The summed E-state index contributed by atoms with van der Waals surface area (Å²) >= 11 is 0. The van der Waals surface area contributed by atoms with Gasteiger partial charge in [-0.25, -0.2) is 0 Å². The molecule has 1 aliphatic heterocycles. The molecular formula is C21H23NO6. The van der Waals surface area contributed by atoms with Crippen molar-refractivity contribution in [3.63, 3.8) is 0 Å². The zero-order chi connectivity index (χ0) is 20.1. The van der Waals surface area contributed by atoms with Crippen LogP contribution in [0.5, 0.6) is 5.75 Å². The second-order valence-electron chi connectivity index (χ2n) is 6.75. The Morgan fingerprint density at radius 1 is 0.929 bits per heavy atom. The first-order valence-electron chi connectivity index (χ1n) is 9.03.